The Morgan fingerprint density at radius 3 is 1.13 bits per heavy atom. The molecule has 0 bridgehead atoms. The van der Waals surface area contributed by atoms with Crippen molar-refractivity contribution in [1.82, 2.24) is 0 Å². The van der Waals surface area contributed by atoms with Gasteiger partial charge in [-0.05, 0) is 0 Å². The van der Waals surface area contributed by atoms with Crippen LogP contribution < -0.4 is 8.92 Å². The monoisotopic (exact) mass is 470 g/mol. The molecular formula is C30H30Se. The van der Waals surface area contributed by atoms with Gasteiger partial charge in [-0.15, -0.1) is 0 Å². The third-order valence-electron chi connectivity index (χ3n) is 5.89. The standard InChI is InChI=1S/C30H30Se/c1-19-15-21(3)29(22(4)16-19)25-11-7-9-13-27(25)31-28-14-10-8-12-26(28)30-23(5)17-20(2)18-24(30)6/h7-18H,1-6H3. The summed E-state index contributed by atoms with van der Waals surface area (Å²) < 4.78 is 2.89. The SMILES string of the molecule is Cc1cc(C)c(-c2ccccc2[Se]c2ccccc2-c2c(C)cc(C)cc2C)c(C)c1. The molecule has 0 amide bonds. The quantitative estimate of drug-likeness (QED) is 0.298. The van der Waals surface area contributed by atoms with E-state index in [1.54, 1.807) is 0 Å². The van der Waals surface area contributed by atoms with Crippen LogP contribution in [0.2, 0.25) is 0 Å². The fraction of sp³-hybridized carbons (Fsp3) is 0.200. The average Bonchev–Trinajstić information content (AvgIpc) is 2.69. The van der Waals surface area contributed by atoms with E-state index < -0.39 is 0 Å². The number of hydrogen-bond acceptors (Lipinski definition) is 0. The van der Waals surface area contributed by atoms with Gasteiger partial charge in [0.2, 0.25) is 0 Å². The zero-order valence-corrected chi connectivity index (χ0v) is 21.0. The summed E-state index contributed by atoms with van der Waals surface area (Å²) in [5.74, 6) is 0. The minimum atomic E-state index is 0.209. The summed E-state index contributed by atoms with van der Waals surface area (Å²) in [5.41, 5.74) is 13.6. The Kier molecular flexibility index (Phi) is 6.19. The molecule has 0 saturated heterocycles. The number of hydrogen-bond donors (Lipinski definition) is 0. The van der Waals surface area contributed by atoms with Crippen molar-refractivity contribution in [3.63, 3.8) is 0 Å². The van der Waals surface area contributed by atoms with Gasteiger partial charge in [-0.2, -0.15) is 0 Å². The van der Waals surface area contributed by atoms with Crippen LogP contribution in [0.25, 0.3) is 22.3 Å². The van der Waals surface area contributed by atoms with Gasteiger partial charge in [-0.1, -0.05) is 0 Å². The predicted octanol–water partition coefficient (Wildman–Crippen LogP) is 6.53. The van der Waals surface area contributed by atoms with Gasteiger partial charge in [-0.25, -0.2) is 0 Å². The maximum atomic E-state index is 2.32. The van der Waals surface area contributed by atoms with E-state index >= 15 is 0 Å². The van der Waals surface area contributed by atoms with E-state index in [2.05, 4.69) is 114 Å². The summed E-state index contributed by atoms with van der Waals surface area (Å²) in [6.07, 6.45) is 0. The van der Waals surface area contributed by atoms with E-state index in [4.69, 9.17) is 0 Å². The summed E-state index contributed by atoms with van der Waals surface area (Å²) in [6, 6.07) is 27.2. The van der Waals surface area contributed by atoms with Gasteiger partial charge >= 0.3 is 194 Å². The van der Waals surface area contributed by atoms with Crippen LogP contribution in [0.5, 0.6) is 0 Å². The summed E-state index contributed by atoms with van der Waals surface area (Å²) in [5, 5.41) is 0. The van der Waals surface area contributed by atoms with E-state index in [-0.39, 0.29) is 15.0 Å². The second kappa shape index (κ2) is 8.87. The Morgan fingerprint density at radius 1 is 0.452 bits per heavy atom. The molecule has 0 fully saturated rings. The predicted molar refractivity (Wildman–Crippen MR) is 137 cm³/mol. The second-order valence-electron chi connectivity index (χ2n) is 8.64. The molecule has 0 nitrogen and oxygen atoms in total. The summed E-state index contributed by atoms with van der Waals surface area (Å²) in [7, 11) is 0. The third kappa shape index (κ3) is 4.40. The fourth-order valence-electron chi connectivity index (χ4n) is 4.85. The second-order valence-corrected chi connectivity index (χ2v) is 10.9. The van der Waals surface area contributed by atoms with E-state index in [0.29, 0.717) is 0 Å². The fourth-order valence-corrected chi connectivity index (χ4v) is 7.14. The first-order chi connectivity index (χ1) is 14.8. The Balaban J connectivity index is 1.84. The normalized spacial score (nSPS) is 11.0. The van der Waals surface area contributed by atoms with E-state index in [1.807, 2.05) is 0 Å². The van der Waals surface area contributed by atoms with Gasteiger partial charge in [0.05, 0.1) is 0 Å². The van der Waals surface area contributed by atoms with Crippen molar-refractivity contribution in [2.24, 2.45) is 0 Å². The molecule has 0 spiro atoms. The number of rotatable bonds is 4. The summed E-state index contributed by atoms with van der Waals surface area (Å²) >= 11 is 0.209. The van der Waals surface area contributed by atoms with Crippen molar-refractivity contribution < 1.29 is 0 Å². The molecule has 0 aliphatic heterocycles. The van der Waals surface area contributed by atoms with Crippen LogP contribution in [-0.4, -0.2) is 15.0 Å². The molecule has 1 heteroatoms. The van der Waals surface area contributed by atoms with Gasteiger partial charge in [0, 0.05) is 0 Å². The molecule has 4 aromatic rings. The zero-order valence-electron chi connectivity index (χ0n) is 19.3. The van der Waals surface area contributed by atoms with Crippen LogP contribution in [0.3, 0.4) is 0 Å². The van der Waals surface area contributed by atoms with Crippen molar-refractivity contribution >= 4 is 23.9 Å². The van der Waals surface area contributed by atoms with Gasteiger partial charge in [0.1, 0.15) is 0 Å². The molecule has 156 valence electrons. The molecule has 4 aromatic carbocycles. The van der Waals surface area contributed by atoms with E-state index in [1.165, 1.54) is 64.6 Å². The first-order valence-corrected chi connectivity index (χ1v) is 12.6. The average molecular weight is 470 g/mol. The Morgan fingerprint density at radius 2 is 0.774 bits per heavy atom. The molecule has 4 rings (SSSR count). The third-order valence-corrected chi connectivity index (χ3v) is 8.30. The summed E-state index contributed by atoms with van der Waals surface area (Å²) in [6.45, 7) is 13.3. The van der Waals surface area contributed by atoms with E-state index in [0.717, 1.165) is 0 Å². The Hall–Kier alpha value is -2.60. The van der Waals surface area contributed by atoms with Gasteiger partial charge in [0.25, 0.3) is 0 Å². The van der Waals surface area contributed by atoms with Gasteiger partial charge in [0.15, 0.2) is 0 Å². The van der Waals surface area contributed by atoms with Gasteiger partial charge in [-0.3, -0.25) is 0 Å². The zero-order chi connectivity index (χ0) is 22.1. The molecule has 31 heavy (non-hydrogen) atoms. The molecule has 0 saturated carbocycles. The van der Waals surface area contributed by atoms with Crippen molar-refractivity contribution in [2.75, 3.05) is 0 Å². The maximum absolute atomic E-state index is 2.32. The molecule has 0 unspecified atom stereocenters. The molecule has 0 atom stereocenters. The molecule has 0 aliphatic rings. The van der Waals surface area contributed by atoms with Crippen LogP contribution >= 0.6 is 0 Å². The number of aryl methyl sites for hydroxylation is 6. The summed E-state index contributed by atoms with van der Waals surface area (Å²) in [4.78, 5) is 0. The van der Waals surface area contributed by atoms with E-state index in [9.17, 15) is 0 Å². The molecular weight excluding hydrogens is 439 g/mol. The van der Waals surface area contributed by atoms with Crippen LogP contribution in [0.1, 0.15) is 33.4 Å². The molecule has 0 heterocycles. The van der Waals surface area contributed by atoms with Crippen LogP contribution in [0.15, 0.2) is 72.8 Å². The molecule has 0 radical (unpaired) electrons. The number of benzene rings is 4. The molecule has 0 aliphatic carbocycles. The molecule has 0 N–H and O–H groups in total. The van der Waals surface area contributed by atoms with Crippen molar-refractivity contribution in [3.8, 4) is 22.3 Å². The van der Waals surface area contributed by atoms with Crippen LogP contribution in [-0.2, 0) is 0 Å². The Bertz CT molecular complexity index is 1120. The first kappa shape index (κ1) is 21.6. The Labute approximate surface area is 193 Å². The first-order valence-electron chi connectivity index (χ1n) is 10.9. The van der Waals surface area contributed by atoms with Crippen molar-refractivity contribution in [2.45, 2.75) is 41.5 Å². The molecule has 0 aromatic heterocycles. The van der Waals surface area contributed by atoms with Crippen LogP contribution in [0.4, 0.5) is 0 Å². The van der Waals surface area contributed by atoms with Crippen molar-refractivity contribution in [1.29, 1.82) is 0 Å². The topological polar surface area (TPSA) is 0 Å². The van der Waals surface area contributed by atoms with Gasteiger partial charge < -0.3 is 0 Å². The minimum absolute atomic E-state index is 0.209. The van der Waals surface area contributed by atoms with Crippen LogP contribution in [0, 0.1) is 41.5 Å². The van der Waals surface area contributed by atoms with Crippen molar-refractivity contribution in [3.05, 3.63) is 106 Å².